The Hall–Kier alpha value is -3.33. The van der Waals surface area contributed by atoms with Crippen molar-refractivity contribution in [1.29, 1.82) is 0 Å². The predicted octanol–water partition coefficient (Wildman–Crippen LogP) is 1.73. The van der Waals surface area contributed by atoms with Gasteiger partial charge in [-0.05, 0) is 54.3 Å². The molecule has 2 aromatic carbocycles. The molecule has 2 aromatic rings. The Labute approximate surface area is 241 Å². The predicted molar refractivity (Wildman–Crippen MR) is 141 cm³/mol. The lowest BCUT2D eigenvalue weighted by Crippen LogP contribution is -2.63. The van der Waals surface area contributed by atoms with E-state index in [1.54, 1.807) is 25.1 Å². The summed E-state index contributed by atoms with van der Waals surface area (Å²) in [5, 5.41) is 32.4. The number of aliphatic hydroxyl groups is 2. The molecule has 0 saturated carbocycles. The largest absolute Gasteiger partial charge is 0.502 e. The number of aromatic hydroxyl groups is 1. The fourth-order valence-corrected chi connectivity index (χ4v) is 6.22. The van der Waals surface area contributed by atoms with Gasteiger partial charge in [0.15, 0.2) is 35.6 Å². The smallest absolute Gasteiger partial charge is 0.293 e. The van der Waals surface area contributed by atoms with Crippen molar-refractivity contribution in [2.75, 3.05) is 34.2 Å². The summed E-state index contributed by atoms with van der Waals surface area (Å²) in [6, 6.07) is 7.13. The maximum atomic E-state index is 11.3. The number of benzene rings is 2. The molecule has 0 bridgehead atoms. The van der Waals surface area contributed by atoms with Crippen molar-refractivity contribution in [2.45, 2.75) is 62.4 Å². The Morgan fingerprint density at radius 2 is 1.67 bits per heavy atom. The first kappa shape index (κ1) is 28.8. The van der Waals surface area contributed by atoms with Gasteiger partial charge in [-0.3, -0.25) is 4.79 Å². The van der Waals surface area contributed by atoms with Gasteiger partial charge in [-0.15, -0.1) is 0 Å². The van der Waals surface area contributed by atoms with Gasteiger partial charge in [-0.2, -0.15) is 0 Å². The number of rotatable bonds is 8. The first-order valence-electron chi connectivity index (χ1n) is 13.7. The molecule has 0 amide bonds. The van der Waals surface area contributed by atoms with E-state index in [1.807, 2.05) is 6.07 Å². The van der Waals surface area contributed by atoms with Crippen molar-refractivity contribution in [3.63, 3.8) is 0 Å². The highest BCUT2D eigenvalue weighted by molar-refractivity contribution is 5.58. The van der Waals surface area contributed by atoms with E-state index in [4.69, 9.17) is 42.6 Å². The second kappa shape index (κ2) is 11.7. The molecule has 2 saturated heterocycles. The molecular formula is C29H34O13. The van der Waals surface area contributed by atoms with E-state index >= 15 is 0 Å². The second-order valence-corrected chi connectivity index (χ2v) is 10.7. The third-order valence-corrected chi connectivity index (χ3v) is 8.28. The number of methoxy groups -OCH3 is 2. The molecule has 0 aromatic heterocycles. The zero-order chi connectivity index (χ0) is 29.5. The maximum Gasteiger partial charge on any atom is 0.293 e. The molecule has 4 aliphatic rings. The van der Waals surface area contributed by atoms with Crippen LogP contribution < -0.4 is 18.9 Å². The first-order valence-corrected chi connectivity index (χ1v) is 13.7. The van der Waals surface area contributed by atoms with Crippen molar-refractivity contribution in [1.82, 2.24) is 0 Å². The molecule has 3 aliphatic heterocycles. The molecule has 13 nitrogen and oxygen atoms in total. The Kier molecular flexibility index (Phi) is 8.05. The van der Waals surface area contributed by atoms with Gasteiger partial charge >= 0.3 is 0 Å². The van der Waals surface area contributed by atoms with Crippen molar-refractivity contribution in [3.05, 3.63) is 41.0 Å². The van der Waals surface area contributed by atoms with Gasteiger partial charge in [0.1, 0.15) is 24.4 Å². The van der Waals surface area contributed by atoms with Crippen LogP contribution in [0.4, 0.5) is 0 Å². The quantitative estimate of drug-likeness (QED) is 0.382. The summed E-state index contributed by atoms with van der Waals surface area (Å²) >= 11 is 0. The average molecular weight is 591 g/mol. The fourth-order valence-electron chi connectivity index (χ4n) is 6.22. The molecule has 2 fully saturated rings. The number of fused-ring (bicyclic) bond motifs is 3. The lowest BCUT2D eigenvalue weighted by atomic mass is 9.72. The van der Waals surface area contributed by atoms with E-state index in [0.717, 1.165) is 11.1 Å². The van der Waals surface area contributed by atoms with Crippen LogP contribution in [-0.2, 0) is 28.5 Å². The van der Waals surface area contributed by atoms with Crippen LogP contribution >= 0.6 is 0 Å². The summed E-state index contributed by atoms with van der Waals surface area (Å²) < 4.78 is 51.1. The molecule has 1 aliphatic carbocycles. The number of phenolic OH excluding ortho intramolecular Hbond substituents is 1. The summed E-state index contributed by atoms with van der Waals surface area (Å²) in [6.07, 6.45) is -6.29. The molecule has 6 rings (SSSR count). The summed E-state index contributed by atoms with van der Waals surface area (Å²) in [5.74, 6) is 0.675. The minimum atomic E-state index is -1.43. The van der Waals surface area contributed by atoms with Crippen LogP contribution in [0.3, 0.4) is 0 Å². The van der Waals surface area contributed by atoms with Crippen molar-refractivity contribution < 1.29 is 62.7 Å². The zero-order valence-electron chi connectivity index (χ0n) is 23.3. The van der Waals surface area contributed by atoms with Gasteiger partial charge < -0.3 is 58.0 Å². The molecule has 3 heterocycles. The van der Waals surface area contributed by atoms with Gasteiger partial charge in [0.05, 0.1) is 33.5 Å². The average Bonchev–Trinajstić information content (AvgIpc) is 3.46. The van der Waals surface area contributed by atoms with Gasteiger partial charge in [0.2, 0.25) is 12.5 Å². The Balaban J connectivity index is 1.40. The highest BCUT2D eigenvalue weighted by Crippen LogP contribution is 2.52. The molecule has 9 atom stereocenters. The fraction of sp³-hybridized carbons (Fsp3) is 0.552. The number of hydrogen-bond donors (Lipinski definition) is 3. The summed E-state index contributed by atoms with van der Waals surface area (Å²) in [6.45, 7) is 2.26. The monoisotopic (exact) mass is 590 g/mol. The molecule has 228 valence electrons. The van der Waals surface area contributed by atoms with Gasteiger partial charge in [-0.1, -0.05) is 0 Å². The van der Waals surface area contributed by atoms with Crippen LogP contribution in [0.15, 0.2) is 24.3 Å². The van der Waals surface area contributed by atoms with Gasteiger partial charge in [-0.25, -0.2) is 0 Å². The Bertz CT molecular complexity index is 1270. The molecule has 0 radical (unpaired) electrons. The molecular weight excluding hydrogens is 556 g/mol. The van der Waals surface area contributed by atoms with E-state index in [0.29, 0.717) is 30.0 Å². The van der Waals surface area contributed by atoms with Crippen LogP contribution in [0.25, 0.3) is 0 Å². The van der Waals surface area contributed by atoms with Crippen molar-refractivity contribution in [3.8, 4) is 28.7 Å². The molecule has 13 heteroatoms. The van der Waals surface area contributed by atoms with E-state index in [1.165, 1.54) is 14.2 Å². The van der Waals surface area contributed by atoms with E-state index in [2.05, 4.69) is 0 Å². The van der Waals surface area contributed by atoms with Gasteiger partial charge in [0.25, 0.3) is 6.47 Å². The first-order chi connectivity index (χ1) is 20.3. The van der Waals surface area contributed by atoms with Crippen LogP contribution in [0, 0.1) is 5.92 Å². The Morgan fingerprint density at radius 1 is 0.976 bits per heavy atom. The third-order valence-electron chi connectivity index (χ3n) is 8.28. The third kappa shape index (κ3) is 5.10. The Morgan fingerprint density at radius 3 is 2.33 bits per heavy atom. The number of hydrogen-bond acceptors (Lipinski definition) is 13. The lowest BCUT2D eigenvalue weighted by Gasteiger charge is -2.47. The number of aliphatic hydroxyl groups excluding tert-OH is 2. The van der Waals surface area contributed by atoms with Crippen molar-refractivity contribution >= 4 is 6.47 Å². The van der Waals surface area contributed by atoms with Crippen LogP contribution in [-0.4, -0.2) is 93.0 Å². The normalized spacial score (nSPS) is 33.3. The number of carbonyl (C=O) groups excluding carboxylic acids is 1. The minimum absolute atomic E-state index is 0.00788. The lowest BCUT2D eigenvalue weighted by molar-refractivity contribution is -0.364. The van der Waals surface area contributed by atoms with E-state index in [9.17, 15) is 20.1 Å². The second-order valence-electron chi connectivity index (χ2n) is 10.7. The molecule has 9 unspecified atom stereocenters. The topological polar surface area (TPSA) is 161 Å². The van der Waals surface area contributed by atoms with Crippen molar-refractivity contribution in [2.24, 2.45) is 5.92 Å². The molecule has 0 spiro atoms. The summed E-state index contributed by atoms with van der Waals surface area (Å²) in [4.78, 5) is 11.3. The highest BCUT2D eigenvalue weighted by atomic mass is 16.8. The number of phenols is 1. The zero-order valence-corrected chi connectivity index (χ0v) is 23.3. The standard InChI is InChI=1S/C29H34O13/c1-13-37-10-23-28(40-13)25(32)26(33)29(41-23)42-27-15(9-36-11-30)4-16(14-5-21(34-2)24(31)22(6-14)35-3)17-7-19-20(8-18(17)27)39-12-38-19/h5-8,11,13,15-16,23,25-29,31-33H,4,9-10,12H2,1-3H3. The summed E-state index contributed by atoms with van der Waals surface area (Å²) in [5.41, 5.74) is 2.29. The summed E-state index contributed by atoms with van der Waals surface area (Å²) in [7, 11) is 2.90. The van der Waals surface area contributed by atoms with E-state index < -0.39 is 49.0 Å². The minimum Gasteiger partial charge on any atom is -0.502 e. The van der Waals surface area contributed by atoms with Crippen LogP contribution in [0.2, 0.25) is 0 Å². The SMILES string of the molecule is COc1cc(C2CC(COC=O)C(OC3OC4COC(C)OC4C(O)C3O)c3cc4c(cc32)OCO4)cc(OC)c1O. The van der Waals surface area contributed by atoms with E-state index in [-0.39, 0.29) is 43.2 Å². The molecule has 3 N–H and O–H groups in total. The van der Waals surface area contributed by atoms with Gasteiger partial charge in [0, 0.05) is 11.8 Å². The highest BCUT2D eigenvalue weighted by Gasteiger charge is 2.50. The maximum absolute atomic E-state index is 11.3. The number of carbonyl (C=O) groups is 1. The molecule has 42 heavy (non-hydrogen) atoms. The van der Waals surface area contributed by atoms with Crippen LogP contribution in [0.1, 0.15) is 42.1 Å². The van der Waals surface area contributed by atoms with Crippen LogP contribution in [0.5, 0.6) is 28.7 Å². The number of ether oxygens (including phenoxy) is 9.